The van der Waals surface area contributed by atoms with E-state index in [-0.39, 0.29) is 12.5 Å². The van der Waals surface area contributed by atoms with Gasteiger partial charge in [0.15, 0.2) is 0 Å². The number of nitrogens with one attached hydrogen (secondary N) is 1. The molecule has 0 spiro atoms. The first-order valence-electron chi connectivity index (χ1n) is 12.5. The lowest BCUT2D eigenvalue weighted by molar-refractivity contribution is -0.122. The average Bonchev–Trinajstić information content (AvgIpc) is 2.82. The highest BCUT2D eigenvalue weighted by molar-refractivity contribution is 5.78. The van der Waals surface area contributed by atoms with E-state index < -0.39 is 0 Å². The van der Waals surface area contributed by atoms with Gasteiger partial charge in [0.2, 0.25) is 5.91 Å². The van der Waals surface area contributed by atoms with Gasteiger partial charge in [-0.15, -0.1) is 0 Å². The Hall–Kier alpha value is -1.94. The molecule has 0 radical (unpaired) electrons. The molecule has 1 amide bonds. The second-order valence-corrected chi connectivity index (χ2v) is 7.96. The largest absolute Gasteiger partial charge is 0.400 e. The van der Waals surface area contributed by atoms with E-state index in [4.69, 9.17) is 5.11 Å². The fourth-order valence-corrected chi connectivity index (χ4v) is 3.13. The van der Waals surface area contributed by atoms with Crippen LogP contribution in [0.4, 0.5) is 0 Å². The van der Waals surface area contributed by atoms with Crippen LogP contribution in [-0.4, -0.2) is 31.0 Å². The van der Waals surface area contributed by atoms with Crippen LogP contribution in [0.5, 0.6) is 0 Å². The fraction of sp³-hybridized carbons (Fsp3) is 0.643. The van der Waals surface area contributed by atoms with Crippen molar-refractivity contribution >= 4 is 12.2 Å². The highest BCUT2D eigenvalue weighted by Crippen LogP contribution is 2.09. The van der Waals surface area contributed by atoms with Gasteiger partial charge in [0.1, 0.15) is 6.29 Å². The van der Waals surface area contributed by atoms with Gasteiger partial charge in [0.05, 0.1) is 6.54 Å². The number of aliphatic hydroxyl groups excluding tert-OH is 1. The Balaban J connectivity index is 0. The second-order valence-electron chi connectivity index (χ2n) is 7.96. The Labute approximate surface area is 197 Å². The number of rotatable bonds is 17. The summed E-state index contributed by atoms with van der Waals surface area (Å²) < 4.78 is 0. The Morgan fingerprint density at radius 1 is 0.812 bits per heavy atom. The zero-order valence-electron chi connectivity index (χ0n) is 21.0. The smallest absolute Gasteiger partial charge is 0.220 e. The maximum absolute atomic E-state index is 11.3. The summed E-state index contributed by atoms with van der Waals surface area (Å²) >= 11 is 0. The molecule has 0 aliphatic rings. The highest BCUT2D eigenvalue weighted by atomic mass is 16.2. The van der Waals surface area contributed by atoms with Crippen molar-refractivity contribution in [3.8, 4) is 0 Å². The first-order chi connectivity index (χ1) is 15.7. The third-order valence-electron chi connectivity index (χ3n) is 4.99. The lowest BCUT2D eigenvalue weighted by Crippen LogP contribution is -2.24. The van der Waals surface area contributed by atoms with Gasteiger partial charge in [-0.05, 0) is 39.0 Å². The molecule has 1 rings (SSSR count). The SMILES string of the molecule is CCCCCCCC/C=C\CCCCCCCC(=O)NCC=O.CO.Cc1ccccc1. The molecule has 0 aliphatic carbocycles. The van der Waals surface area contributed by atoms with Crippen molar-refractivity contribution in [1.29, 1.82) is 0 Å². The van der Waals surface area contributed by atoms with Crippen molar-refractivity contribution < 1.29 is 14.7 Å². The predicted octanol–water partition coefficient (Wildman–Crippen LogP) is 6.94. The molecule has 0 bridgehead atoms. The van der Waals surface area contributed by atoms with E-state index in [0.29, 0.717) is 6.42 Å². The van der Waals surface area contributed by atoms with Gasteiger partial charge >= 0.3 is 0 Å². The quantitative estimate of drug-likeness (QED) is 0.154. The topological polar surface area (TPSA) is 66.4 Å². The van der Waals surface area contributed by atoms with Crippen molar-refractivity contribution in [1.82, 2.24) is 5.32 Å². The molecule has 32 heavy (non-hydrogen) atoms. The Kier molecular flexibility index (Phi) is 29.3. The number of hydrogen-bond acceptors (Lipinski definition) is 3. The molecule has 0 atom stereocenters. The van der Waals surface area contributed by atoms with E-state index in [1.54, 1.807) is 0 Å². The van der Waals surface area contributed by atoms with Crippen molar-refractivity contribution in [2.24, 2.45) is 0 Å². The van der Waals surface area contributed by atoms with Gasteiger partial charge in [-0.3, -0.25) is 4.79 Å². The molecule has 1 aromatic rings. The molecule has 0 unspecified atom stereocenters. The van der Waals surface area contributed by atoms with Gasteiger partial charge in [0.25, 0.3) is 0 Å². The van der Waals surface area contributed by atoms with Crippen LogP contribution in [0.25, 0.3) is 0 Å². The summed E-state index contributed by atoms with van der Waals surface area (Å²) in [6, 6.07) is 10.3. The Morgan fingerprint density at radius 3 is 1.78 bits per heavy atom. The van der Waals surface area contributed by atoms with Crippen LogP contribution in [0, 0.1) is 6.92 Å². The average molecular weight is 448 g/mol. The number of allylic oxidation sites excluding steroid dienone is 2. The van der Waals surface area contributed by atoms with Crippen molar-refractivity contribution in [3.05, 3.63) is 48.0 Å². The molecule has 0 saturated carbocycles. The lowest BCUT2D eigenvalue weighted by Gasteiger charge is -2.01. The van der Waals surface area contributed by atoms with Gasteiger partial charge in [-0.25, -0.2) is 0 Å². The summed E-state index contributed by atoms with van der Waals surface area (Å²) in [5.41, 5.74) is 1.32. The molecule has 0 aromatic heterocycles. The zero-order chi connectivity index (χ0) is 24.1. The number of aryl methyl sites for hydroxylation is 1. The minimum atomic E-state index is -0.00488. The van der Waals surface area contributed by atoms with Crippen molar-refractivity contribution in [2.75, 3.05) is 13.7 Å². The maximum atomic E-state index is 11.3. The van der Waals surface area contributed by atoms with Crippen molar-refractivity contribution in [3.63, 3.8) is 0 Å². The second kappa shape index (κ2) is 29.1. The molecule has 184 valence electrons. The molecule has 4 heteroatoms. The number of unbranched alkanes of at least 4 members (excludes halogenated alkanes) is 11. The molecular formula is C28H49NO3. The summed E-state index contributed by atoms with van der Waals surface area (Å²) in [4.78, 5) is 21.4. The van der Waals surface area contributed by atoms with Crippen LogP contribution in [0.15, 0.2) is 42.5 Å². The number of aldehydes is 1. The van der Waals surface area contributed by atoms with Gasteiger partial charge < -0.3 is 15.2 Å². The molecule has 0 fully saturated rings. The summed E-state index contributed by atoms with van der Waals surface area (Å²) in [5.74, 6) is -0.00488. The van der Waals surface area contributed by atoms with E-state index in [1.807, 2.05) is 18.2 Å². The number of benzene rings is 1. The Morgan fingerprint density at radius 2 is 1.31 bits per heavy atom. The third kappa shape index (κ3) is 28.1. The van der Waals surface area contributed by atoms with Crippen LogP contribution in [0.2, 0.25) is 0 Å². The first kappa shape index (κ1) is 32.2. The van der Waals surface area contributed by atoms with Crippen LogP contribution in [0.3, 0.4) is 0 Å². The third-order valence-corrected chi connectivity index (χ3v) is 4.99. The number of carbonyl (C=O) groups excluding carboxylic acids is 2. The van der Waals surface area contributed by atoms with E-state index in [2.05, 4.69) is 43.4 Å². The fourth-order valence-electron chi connectivity index (χ4n) is 3.13. The van der Waals surface area contributed by atoms with Crippen LogP contribution in [-0.2, 0) is 9.59 Å². The predicted molar refractivity (Wildman–Crippen MR) is 138 cm³/mol. The van der Waals surface area contributed by atoms with Crippen LogP contribution < -0.4 is 5.32 Å². The van der Waals surface area contributed by atoms with Crippen LogP contribution in [0.1, 0.15) is 102 Å². The molecule has 0 aliphatic heterocycles. The molecule has 2 N–H and O–H groups in total. The molecule has 1 aromatic carbocycles. The normalized spacial score (nSPS) is 10.0. The maximum Gasteiger partial charge on any atom is 0.220 e. The summed E-state index contributed by atoms with van der Waals surface area (Å²) in [6.07, 6.45) is 22.3. The monoisotopic (exact) mass is 447 g/mol. The number of hydrogen-bond donors (Lipinski definition) is 2. The summed E-state index contributed by atoms with van der Waals surface area (Å²) in [5, 5.41) is 9.57. The van der Waals surface area contributed by atoms with Gasteiger partial charge in [-0.1, -0.05) is 106 Å². The highest BCUT2D eigenvalue weighted by Gasteiger charge is 1.99. The summed E-state index contributed by atoms with van der Waals surface area (Å²) in [7, 11) is 1.00. The van der Waals surface area contributed by atoms with Gasteiger partial charge in [0, 0.05) is 13.5 Å². The summed E-state index contributed by atoms with van der Waals surface area (Å²) in [6.45, 7) is 4.49. The number of aliphatic hydroxyl groups is 1. The van der Waals surface area contributed by atoms with E-state index >= 15 is 0 Å². The number of carbonyl (C=O) groups is 2. The van der Waals surface area contributed by atoms with E-state index in [9.17, 15) is 9.59 Å². The van der Waals surface area contributed by atoms with E-state index in [1.165, 1.54) is 76.2 Å². The molecule has 4 nitrogen and oxygen atoms in total. The van der Waals surface area contributed by atoms with E-state index in [0.717, 1.165) is 26.2 Å². The zero-order valence-corrected chi connectivity index (χ0v) is 21.0. The Bertz CT molecular complexity index is 529. The first-order valence-corrected chi connectivity index (χ1v) is 12.5. The minimum Gasteiger partial charge on any atom is -0.400 e. The van der Waals surface area contributed by atoms with Crippen molar-refractivity contribution in [2.45, 2.75) is 104 Å². The molecular weight excluding hydrogens is 398 g/mol. The van der Waals surface area contributed by atoms with Crippen LogP contribution >= 0.6 is 0 Å². The van der Waals surface area contributed by atoms with Gasteiger partial charge in [-0.2, -0.15) is 0 Å². The number of amides is 1. The molecule has 0 heterocycles. The minimum absolute atomic E-state index is 0.00488. The lowest BCUT2D eigenvalue weighted by atomic mass is 10.1. The standard InChI is InChI=1S/C20H37NO2.C7H8.CH4O/c1-2-3-4-5-6-7-8-9-10-11-12-13-14-15-16-17-20(23)21-18-19-22;1-7-5-3-2-4-6-7;1-2/h9-10,19H,2-8,11-18H2,1H3,(H,21,23);2-6H,1H3;2H,1H3/b10-9-;;. The molecule has 0 saturated heterocycles.